The maximum absolute atomic E-state index is 12.4. The highest BCUT2D eigenvalue weighted by atomic mass is 16.1. The molecular formula is C17H26N2O. The van der Waals surface area contributed by atoms with Gasteiger partial charge < -0.3 is 11.1 Å². The van der Waals surface area contributed by atoms with Crippen molar-refractivity contribution in [2.24, 2.45) is 17.6 Å². The van der Waals surface area contributed by atoms with Gasteiger partial charge in [-0.2, -0.15) is 0 Å². The number of carbonyl (C=O) groups is 1. The van der Waals surface area contributed by atoms with Gasteiger partial charge in [0.15, 0.2) is 0 Å². The van der Waals surface area contributed by atoms with Crippen LogP contribution in [-0.4, -0.2) is 11.9 Å². The highest BCUT2D eigenvalue weighted by Gasteiger charge is 2.27. The number of benzene rings is 1. The second-order valence-electron chi connectivity index (χ2n) is 6.25. The molecule has 1 aliphatic carbocycles. The summed E-state index contributed by atoms with van der Waals surface area (Å²) < 4.78 is 0. The molecule has 1 aromatic carbocycles. The average molecular weight is 274 g/mol. The van der Waals surface area contributed by atoms with Crippen molar-refractivity contribution in [2.45, 2.75) is 51.6 Å². The third-order valence-electron chi connectivity index (χ3n) is 4.27. The number of rotatable bonds is 4. The normalized spacial score (nSPS) is 24.4. The van der Waals surface area contributed by atoms with Crippen molar-refractivity contribution in [3.63, 3.8) is 0 Å². The van der Waals surface area contributed by atoms with E-state index in [2.05, 4.69) is 31.3 Å². The first-order valence-electron chi connectivity index (χ1n) is 7.69. The minimum Gasteiger partial charge on any atom is -0.349 e. The van der Waals surface area contributed by atoms with Crippen molar-refractivity contribution in [2.75, 3.05) is 0 Å². The van der Waals surface area contributed by atoms with Crippen LogP contribution in [0.15, 0.2) is 30.3 Å². The lowest BCUT2D eigenvalue weighted by Crippen LogP contribution is -2.39. The molecule has 2 rings (SSSR count). The second-order valence-corrected chi connectivity index (χ2v) is 6.25. The quantitative estimate of drug-likeness (QED) is 0.886. The smallest absolute Gasteiger partial charge is 0.223 e. The fourth-order valence-electron chi connectivity index (χ4n) is 2.95. The first-order chi connectivity index (χ1) is 9.58. The van der Waals surface area contributed by atoms with E-state index >= 15 is 0 Å². The van der Waals surface area contributed by atoms with Crippen LogP contribution in [0.1, 0.15) is 51.1 Å². The molecule has 0 aromatic heterocycles. The third-order valence-corrected chi connectivity index (χ3v) is 4.27. The first kappa shape index (κ1) is 15.0. The van der Waals surface area contributed by atoms with Crippen LogP contribution in [0.25, 0.3) is 0 Å². The summed E-state index contributed by atoms with van der Waals surface area (Å²) in [4.78, 5) is 12.4. The van der Waals surface area contributed by atoms with E-state index in [1.54, 1.807) is 0 Å². The summed E-state index contributed by atoms with van der Waals surface area (Å²) in [5.41, 5.74) is 7.09. The molecule has 3 N–H and O–H groups in total. The van der Waals surface area contributed by atoms with Gasteiger partial charge in [-0.15, -0.1) is 0 Å². The van der Waals surface area contributed by atoms with Crippen molar-refractivity contribution < 1.29 is 4.79 Å². The molecule has 0 heterocycles. The minimum atomic E-state index is 0.0966. The topological polar surface area (TPSA) is 55.1 Å². The summed E-state index contributed by atoms with van der Waals surface area (Å²) in [5.74, 6) is 0.714. The van der Waals surface area contributed by atoms with E-state index in [1.807, 2.05) is 18.2 Å². The number of carbonyl (C=O) groups excluding carboxylic acids is 1. The monoisotopic (exact) mass is 274 g/mol. The summed E-state index contributed by atoms with van der Waals surface area (Å²) in [6.07, 6.45) is 3.78. The molecule has 0 radical (unpaired) electrons. The molecule has 20 heavy (non-hydrogen) atoms. The molecule has 1 aromatic rings. The van der Waals surface area contributed by atoms with E-state index in [4.69, 9.17) is 5.73 Å². The number of hydrogen-bond donors (Lipinski definition) is 2. The zero-order valence-corrected chi connectivity index (χ0v) is 12.5. The molecule has 1 unspecified atom stereocenters. The van der Waals surface area contributed by atoms with Crippen LogP contribution in [-0.2, 0) is 4.79 Å². The summed E-state index contributed by atoms with van der Waals surface area (Å²) in [5, 5.41) is 3.24. The molecule has 1 aliphatic rings. The maximum atomic E-state index is 12.4. The third kappa shape index (κ3) is 3.83. The Bertz CT molecular complexity index is 422. The van der Waals surface area contributed by atoms with Crippen molar-refractivity contribution in [3.8, 4) is 0 Å². The largest absolute Gasteiger partial charge is 0.349 e. The van der Waals surface area contributed by atoms with Crippen molar-refractivity contribution >= 4 is 5.91 Å². The average Bonchev–Trinajstić information content (AvgIpc) is 2.46. The predicted molar refractivity (Wildman–Crippen MR) is 82.1 cm³/mol. The van der Waals surface area contributed by atoms with Gasteiger partial charge in [0, 0.05) is 12.0 Å². The summed E-state index contributed by atoms with van der Waals surface area (Å²) in [6, 6.07) is 10.6. The minimum absolute atomic E-state index is 0.0966. The summed E-state index contributed by atoms with van der Waals surface area (Å²) in [6.45, 7) is 4.30. The summed E-state index contributed by atoms with van der Waals surface area (Å²) in [7, 11) is 0. The van der Waals surface area contributed by atoms with E-state index in [9.17, 15) is 4.79 Å². The van der Waals surface area contributed by atoms with Crippen LogP contribution in [0.5, 0.6) is 0 Å². The number of hydrogen-bond acceptors (Lipinski definition) is 2. The van der Waals surface area contributed by atoms with Gasteiger partial charge in [-0.3, -0.25) is 4.79 Å². The zero-order chi connectivity index (χ0) is 14.5. The lowest BCUT2D eigenvalue weighted by molar-refractivity contribution is -0.127. The molecule has 3 nitrogen and oxygen atoms in total. The lowest BCUT2D eigenvalue weighted by atomic mass is 9.85. The fourth-order valence-corrected chi connectivity index (χ4v) is 2.95. The standard InChI is InChI=1S/C17H26N2O/c1-12(2)16(13-6-4-3-5-7-13)19-17(20)14-8-10-15(18)11-9-14/h3-7,12,14-16H,8-11,18H2,1-2H3,(H,19,20). The SMILES string of the molecule is CC(C)C(NC(=O)C1CCC(N)CC1)c1ccccc1. The highest BCUT2D eigenvalue weighted by molar-refractivity contribution is 5.79. The molecule has 0 aliphatic heterocycles. The molecule has 1 fully saturated rings. The van der Waals surface area contributed by atoms with Gasteiger partial charge in [0.1, 0.15) is 0 Å². The van der Waals surface area contributed by atoms with Crippen LogP contribution in [0, 0.1) is 11.8 Å². The van der Waals surface area contributed by atoms with Crippen LogP contribution in [0.2, 0.25) is 0 Å². The Morgan fingerprint density at radius 1 is 1.15 bits per heavy atom. The fraction of sp³-hybridized carbons (Fsp3) is 0.588. The van der Waals surface area contributed by atoms with E-state index < -0.39 is 0 Å². The lowest BCUT2D eigenvalue weighted by Gasteiger charge is -2.29. The molecule has 1 atom stereocenters. The van der Waals surface area contributed by atoms with Gasteiger partial charge in [0.05, 0.1) is 6.04 Å². The Labute approximate surface area is 121 Å². The molecular weight excluding hydrogens is 248 g/mol. The molecule has 3 heteroatoms. The van der Waals surface area contributed by atoms with E-state index in [1.165, 1.54) is 5.56 Å². The Morgan fingerprint density at radius 3 is 2.30 bits per heavy atom. The molecule has 0 bridgehead atoms. The first-order valence-corrected chi connectivity index (χ1v) is 7.69. The van der Waals surface area contributed by atoms with E-state index in [0.29, 0.717) is 5.92 Å². The van der Waals surface area contributed by atoms with Crippen molar-refractivity contribution in [3.05, 3.63) is 35.9 Å². The van der Waals surface area contributed by atoms with E-state index in [0.717, 1.165) is 25.7 Å². The Balaban J connectivity index is 2.00. The maximum Gasteiger partial charge on any atom is 0.223 e. The zero-order valence-electron chi connectivity index (χ0n) is 12.5. The highest BCUT2D eigenvalue weighted by Crippen LogP contribution is 2.26. The Morgan fingerprint density at radius 2 is 1.75 bits per heavy atom. The number of nitrogens with two attached hydrogens (primary N) is 1. The molecule has 0 saturated heterocycles. The van der Waals surface area contributed by atoms with Gasteiger partial charge in [-0.25, -0.2) is 0 Å². The van der Waals surface area contributed by atoms with Gasteiger partial charge >= 0.3 is 0 Å². The van der Waals surface area contributed by atoms with Crippen LogP contribution in [0.3, 0.4) is 0 Å². The predicted octanol–water partition coefficient (Wildman–Crippen LogP) is 3.02. The van der Waals surface area contributed by atoms with Gasteiger partial charge in [0.2, 0.25) is 5.91 Å². The van der Waals surface area contributed by atoms with Gasteiger partial charge in [0.25, 0.3) is 0 Å². The molecule has 1 amide bonds. The van der Waals surface area contributed by atoms with E-state index in [-0.39, 0.29) is 23.9 Å². The van der Waals surface area contributed by atoms with Crippen molar-refractivity contribution in [1.29, 1.82) is 0 Å². The number of nitrogens with one attached hydrogen (secondary N) is 1. The summed E-state index contributed by atoms with van der Waals surface area (Å²) >= 11 is 0. The molecule has 0 spiro atoms. The Kier molecular flexibility index (Phi) is 5.18. The van der Waals surface area contributed by atoms with Crippen molar-refractivity contribution in [1.82, 2.24) is 5.32 Å². The van der Waals surface area contributed by atoms with Gasteiger partial charge in [-0.05, 0) is 37.2 Å². The number of amides is 1. The van der Waals surface area contributed by atoms with Crippen LogP contribution < -0.4 is 11.1 Å². The van der Waals surface area contributed by atoms with Crippen LogP contribution >= 0.6 is 0 Å². The molecule has 1 saturated carbocycles. The molecule has 110 valence electrons. The van der Waals surface area contributed by atoms with Gasteiger partial charge in [-0.1, -0.05) is 44.2 Å². The second kappa shape index (κ2) is 6.89. The Hall–Kier alpha value is -1.35. The van der Waals surface area contributed by atoms with Crippen LogP contribution in [0.4, 0.5) is 0 Å².